The Morgan fingerprint density at radius 2 is 1.96 bits per heavy atom. The number of benzene rings is 2. The summed E-state index contributed by atoms with van der Waals surface area (Å²) in [6.45, 7) is 7.22. The van der Waals surface area contributed by atoms with Crippen LogP contribution >= 0.6 is 0 Å². The molecule has 0 saturated carbocycles. The maximum absolute atomic E-state index is 13.5. The quantitative estimate of drug-likeness (QED) is 0.796. The Kier molecular flexibility index (Phi) is 5.77. The number of allylic oxidation sites excluding steroid dienone is 2. The summed E-state index contributed by atoms with van der Waals surface area (Å²) in [6.07, 6.45) is 1.75. The van der Waals surface area contributed by atoms with Gasteiger partial charge in [-0.15, -0.1) is 6.58 Å². The molecular weight excluding hydrogens is 307 g/mol. The van der Waals surface area contributed by atoms with E-state index >= 15 is 0 Å². The third-order valence-electron chi connectivity index (χ3n) is 3.76. The van der Waals surface area contributed by atoms with Gasteiger partial charge in [-0.25, -0.2) is 4.39 Å². The van der Waals surface area contributed by atoms with Crippen LogP contribution < -0.4 is 4.74 Å². The standard InChI is InChI=1S/C17H15FO3.C3H6/c1-10-14-7-13(20)3-5-17(14)21-9-15(10)11-2-4-16(18)12(6-11)8-19;1-3-2/h2-7,19-20H,8-9H2,1H3;3H,1H2,2H3. The van der Waals surface area contributed by atoms with Gasteiger partial charge in [0, 0.05) is 16.7 Å². The van der Waals surface area contributed by atoms with Gasteiger partial charge in [-0.3, -0.25) is 0 Å². The minimum Gasteiger partial charge on any atom is -0.508 e. The van der Waals surface area contributed by atoms with E-state index in [0.717, 1.165) is 28.0 Å². The molecule has 4 heteroatoms. The van der Waals surface area contributed by atoms with Gasteiger partial charge in [0.15, 0.2) is 0 Å². The van der Waals surface area contributed by atoms with E-state index in [1.807, 2.05) is 13.8 Å². The predicted octanol–water partition coefficient (Wildman–Crippen LogP) is 4.54. The van der Waals surface area contributed by atoms with Crippen molar-refractivity contribution in [2.24, 2.45) is 0 Å². The Morgan fingerprint density at radius 1 is 1.25 bits per heavy atom. The first kappa shape index (κ1) is 17.8. The number of hydrogen-bond acceptors (Lipinski definition) is 3. The van der Waals surface area contributed by atoms with Crippen LogP contribution in [0, 0.1) is 5.82 Å². The molecule has 24 heavy (non-hydrogen) atoms. The number of phenols is 1. The summed E-state index contributed by atoms with van der Waals surface area (Å²) < 4.78 is 19.2. The summed E-state index contributed by atoms with van der Waals surface area (Å²) >= 11 is 0. The van der Waals surface area contributed by atoms with Crippen LogP contribution in [0.5, 0.6) is 11.5 Å². The Labute approximate surface area is 141 Å². The normalized spacial score (nSPS) is 12.7. The Bertz CT molecular complexity index is 778. The van der Waals surface area contributed by atoms with Crippen LogP contribution in [0.15, 0.2) is 49.1 Å². The van der Waals surface area contributed by atoms with Crippen LogP contribution in [0.4, 0.5) is 4.39 Å². The first-order chi connectivity index (χ1) is 11.5. The second-order valence-electron chi connectivity index (χ2n) is 5.45. The molecule has 0 atom stereocenters. The van der Waals surface area contributed by atoms with Crippen molar-refractivity contribution in [3.8, 4) is 11.5 Å². The van der Waals surface area contributed by atoms with Crippen molar-refractivity contribution in [3.05, 3.63) is 71.6 Å². The van der Waals surface area contributed by atoms with E-state index in [4.69, 9.17) is 4.74 Å². The monoisotopic (exact) mass is 328 g/mol. The predicted molar refractivity (Wildman–Crippen MR) is 94.3 cm³/mol. The number of aliphatic hydroxyl groups excluding tert-OH is 1. The van der Waals surface area contributed by atoms with Crippen molar-refractivity contribution >= 4 is 11.1 Å². The summed E-state index contributed by atoms with van der Waals surface area (Å²) in [7, 11) is 0. The molecule has 3 rings (SSSR count). The van der Waals surface area contributed by atoms with Gasteiger partial charge in [-0.2, -0.15) is 0 Å². The number of fused-ring (bicyclic) bond motifs is 1. The third-order valence-corrected chi connectivity index (χ3v) is 3.76. The highest BCUT2D eigenvalue weighted by atomic mass is 19.1. The van der Waals surface area contributed by atoms with Gasteiger partial charge in [-0.1, -0.05) is 12.1 Å². The van der Waals surface area contributed by atoms with Crippen LogP contribution in [-0.4, -0.2) is 16.8 Å². The summed E-state index contributed by atoms with van der Waals surface area (Å²) in [5.74, 6) is 0.473. The highest BCUT2D eigenvalue weighted by Crippen LogP contribution is 2.38. The minimum absolute atomic E-state index is 0.174. The molecule has 1 aliphatic rings. The molecule has 0 spiro atoms. The van der Waals surface area contributed by atoms with Crippen LogP contribution in [0.25, 0.3) is 11.1 Å². The lowest BCUT2D eigenvalue weighted by Crippen LogP contribution is -2.10. The number of aromatic hydroxyl groups is 1. The lowest BCUT2D eigenvalue weighted by molar-refractivity contribution is 0.275. The van der Waals surface area contributed by atoms with E-state index in [9.17, 15) is 14.6 Å². The van der Waals surface area contributed by atoms with Crippen LogP contribution in [0.1, 0.15) is 30.5 Å². The zero-order chi connectivity index (χ0) is 17.7. The molecule has 0 unspecified atom stereocenters. The van der Waals surface area contributed by atoms with Gasteiger partial charge < -0.3 is 14.9 Å². The topological polar surface area (TPSA) is 49.7 Å². The fourth-order valence-electron chi connectivity index (χ4n) is 2.54. The highest BCUT2D eigenvalue weighted by Gasteiger charge is 2.19. The maximum Gasteiger partial charge on any atom is 0.128 e. The molecule has 1 aliphatic heterocycles. The van der Waals surface area contributed by atoms with Gasteiger partial charge in [0.2, 0.25) is 0 Å². The van der Waals surface area contributed by atoms with Crippen LogP contribution in [0.3, 0.4) is 0 Å². The lowest BCUT2D eigenvalue weighted by Gasteiger charge is -2.23. The van der Waals surface area contributed by atoms with E-state index in [2.05, 4.69) is 6.58 Å². The molecule has 2 aromatic rings. The fraction of sp³-hybridized carbons (Fsp3) is 0.200. The second kappa shape index (κ2) is 7.79. The Morgan fingerprint density at radius 3 is 2.62 bits per heavy atom. The van der Waals surface area contributed by atoms with Gasteiger partial charge in [0.05, 0.1) is 6.61 Å². The van der Waals surface area contributed by atoms with Gasteiger partial charge >= 0.3 is 0 Å². The van der Waals surface area contributed by atoms with Gasteiger partial charge in [-0.05, 0) is 55.3 Å². The molecule has 0 fully saturated rings. The number of hydrogen-bond donors (Lipinski definition) is 2. The molecule has 2 aromatic carbocycles. The lowest BCUT2D eigenvalue weighted by atomic mass is 9.93. The summed E-state index contributed by atoms with van der Waals surface area (Å²) in [6, 6.07) is 9.61. The van der Waals surface area contributed by atoms with Gasteiger partial charge in [0.1, 0.15) is 23.9 Å². The van der Waals surface area contributed by atoms with Crippen molar-refractivity contribution in [2.45, 2.75) is 20.5 Å². The van der Waals surface area contributed by atoms with E-state index in [0.29, 0.717) is 6.61 Å². The third kappa shape index (κ3) is 3.66. The van der Waals surface area contributed by atoms with Crippen molar-refractivity contribution in [1.29, 1.82) is 0 Å². The molecule has 3 nitrogen and oxygen atoms in total. The molecule has 0 saturated heterocycles. The van der Waals surface area contributed by atoms with E-state index < -0.39 is 5.82 Å². The zero-order valence-corrected chi connectivity index (χ0v) is 13.8. The molecule has 126 valence electrons. The number of ether oxygens (including phenoxy) is 1. The minimum atomic E-state index is -0.422. The molecular formula is C20H21FO3. The van der Waals surface area contributed by atoms with E-state index in [1.165, 1.54) is 6.07 Å². The van der Waals surface area contributed by atoms with Gasteiger partial charge in [0.25, 0.3) is 0 Å². The Balaban J connectivity index is 0.000000647. The zero-order valence-electron chi connectivity index (χ0n) is 13.8. The number of halogens is 1. The van der Waals surface area contributed by atoms with Crippen molar-refractivity contribution in [3.63, 3.8) is 0 Å². The number of phenolic OH excluding ortho intramolecular Hbond substituents is 1. The molecule has 2 N–H and O–H groups in total. The number of aliphatic hydroxyl groups is 1. The average Bonchev–Trinajstić information content (AvgIpc) is 2.57. The van der Waals surface area contributed by atoms with Crippen molar-refractivity contribution in [1.82, 2.24) is 0 Å². The van der Waals surface area contributed by atoms with Crippen LogP contribution in [0.2, 0.25) is 0 Å². The summed E-state index contributed by atoms with van der Waals surface area (Å²) in [5.41, 5.74) is 3.79. The maximum atomic E-state index is 13.5. The molecule has 0 bridgehead atoms. The van der Waals surface area contributed by atoms with E-state index in [1.54, 1.807) is 36.4 Å². The molecule has 0 amide bonds. The second-order valence-corrected chi connectivity index (χ2v) is 5.45. The molecule has 0 radical (unpaired) electrons. The fourth-order valence-corrected chi connectivity index (χ4v) is 2.54. The van der Waals surface area contributed by atoms with Crippen molar-refractivity contribution in [2.75, 3.05) is 6.61 Å². The smallest absolute Gasteiger partial charge is 0.128 e. The largest absolute Gasteiger partial charge is 0.508 e. The first-order valence-electron chi connectivity index (χ1n) is 7.64. The summed E-state index contributed by atoms with van der Waals surface area (Å²) in [5, 5.41) is 18.8. The molecule has 1 heterocycles. The van der Waals surface area contributed by atoms with Crippen molar-refractivity contribution < 1.29 is 19.3 Å². The van der Waals surface area contributed by atoms with E-state index in [-0.39, 0.29) is 17.9 Å². The SMILES string of the molecule is C=CC.CC1=C(c2ccc(F)c(CO)c2)COc2ccc(O)cc21. The van der Waals surface area contributed by atoms with Crippen LogP contribution in [-0.2, 0) is 6.61 Å². The first-order valence-corrected chi connectivity index (χ1v) is 7.64. The molecule has 0 aromatic heterocycles. The average molecular weight is 328 g/mol. The summed E-state index contributed by atoms with van der Waals surface area (Å²) in [4.78, 5) is 0. The number of rotatable bonds is 2. The highest BCUT2D eigenvalue weighted by molar-refractivity contribution is 5.93. The molecule has 0 aliphatic carbocycles. The Hall–Kier alpha value is -2.59.